The predicted molar refractivity (Wildman–Crippen MR) is 87.1 cm³/mol. The van der Waals surface area contributed by atoms with E-state index in [-0.39, 0.29) is 4.90 Å². The molecule has 1 aromatic carbocycles. The topological polar surface area (TPSA) is 54.4 Å². The SMILES string of the molecule is CCCCCCCCCC(O)c1cccc(S(C)(=O)=O)c1. The third-order valence-corrected chi connectivity index (χ3v) is 4.86. The quantitative estimate of drug-likeness (QED) is 0.657. The lowest BCUT2D eigenvalue weighted by Crippen LogP contribution is -2.02. The van der Waals surface area contributed by atoms with Crippen molar-refractivity contribution in [3.8, 4) is 0 Å². The summed E-state index contributed by atoms with van der Waals surface area (Å²) in [6, 6.07) is 6.64. The number of unbranched alkanes of at least 4 members (excludes halogenated alkanes) is 6. The van der Waals surface area contributed by atoms with E-state index in [1.807, 2.05) is 0 Å². The molecule has 4 heteroatoms. The van der Waals surface area contributed by atoms with Gasteiger partial charge in [-0.2, -0.15) is 0 Å². The van der Waals surface area contributed by atoms with Crippen LogP contribution in [0.4, 0.5) is 0 Å². The molecule has 0 amide bonds. The molecule has 1 aromatic rings. The third kappa shape index (κ3) is 7.09. The summed E-state index contributed by atoms with van der Waals surface area (Å²) in [5, 5.41) is 10.2. The van der Waals surface area contributed by atoms with Crippen LogP contribution in [0.5, 0.6) is 0 Å². The average Bonchev–Trinajstić information content (AvgIpc) is 2.45. The van der Waals surface area contributed by atoms with Crippen LogP contribution in [0.15, 0.2) is 29.2 Å². The number of aliphatic hydroxyl groups is 1. The first kappa shape index (κ1) is 18.2. The molecule has 120 valence electrons. The molecule has 1 unspecified atom stereocenters. The molecule has 0 saturated heterocycles. The minimum Gasteiger partial charge on any atom is -0.388 e. The number of aliphatic hydroxyl groups excluding tert-OH is 1. The van der Waals surface area contributed by atoms with Crippen molar-refractivity contribution in [3.05, 3.63) is 29.8 Å². The summed E-state index contributed by atoms with van der Waals surface area (Å²) in [4.78, 5) is 0.276. The predicted octanol–water partition coefficient (Wildman–Crippen LogP) is 4.26. The Balaban J connectivity index is 2.37. The summed E-state index contributed by atoms with van der Waals surface area (Å²) < 4.78 is 23.0. The molecule has 1 rings (SSSR count). The molecule has 0 aliphatic carbocycles. The second-order valence-corrected chi connectivity index (χ2v) is 7.79. The van der Waals surface area contributed by atoms with E-state index in [1.54, 1.807) is 24.3 Å². The van der Waals surface area contributed by atoms with E-state index in [2.05, 4.69) is 6.92 Å². The van der Waals surface area contributed by atoms with Crippen molar-refractivity contribution in [2.75, 3.05) is 6.26 Å². The lowest BCUT2D eigenvalue weighted by Gasteiger charge is -2.12. The minimum absolute atomic E-state index is 0.276. The minimum atomic E-state index is -3.21. The van der Waals surface area contributed by atoms with E-state index < -0.39 is 15.9 Å². The van der Waals surface area contributed by atoms with Crippen molar-refractivity contribution in [3.63, 3.8) is 0 Å². The van der Waals surface area contributed by atoms with Gasteiger partial charge in [-0.1, -0.05) is 64.0 Å². The molecule has 21 heavy (non-hydrogen) atoms. The molecule has 0 aliphatic rings. The molecule has 0 bridgehead atoms. The first-order valence-electron chi connectivity index (χ1n) is 7.93. The fourth-order valence-electron chi connectivity index (χ4n) is 2.41. The number of hydrogen-bond donors (Lipinski definition) is 1. The van der Waals surface area contributed by atoms with Gasteiger partial charge < -0.3 is 5.11 Å². The maximum absolute atomic E-state index is 11.5. The van der Waals surface area contributed by atoms with Crippen molar-refractivity contribution in [1.29, 1.82) is 0 Å². The van der Waals surface area contributed by atoms with Crippen LogP contribution in [0.1, 0.15) is 70.0 Å². The lowest BCUT2D eigenvalue weighted by atomic mass is 10.0. The Morgan fingerprint density at radius 3 is 2.29 bits per heavy atom. The Kier molecular flexibility index (Phi) is 7.97. The van der Waals surface area contributed by atoms with Gasteiger partial charge >= 0.3 is 0 Å². The second kappa shape index (κ2) is 9.21. The van der Waals surface area contributed by atoms with Gasteiger partial charge in [0.2, 0.25) is 0 Å². The van der Waals surface area contributed by atoms with E-state index in [0.29, 0.717) is 12.0 Å². The molecule has 0 aliphatic heterocycles. The number of benzene rings is 1. The van der Waals surface area contributed by atoms with Gasteiger partial charge in [-0.05, 0) is 24.1 Å². The Morgan fingerprint density at radius 1 is 1.05 bits per heavy atom. The molecule has 0 aromatic heterocycles. The highest BCUT2D eigenvalue weighted by atomic mass is 32.2. The number of sulfone groups is 1. The lowest BCUT2D eigenvalue weighted by molar-refractivity contribution is 0.163. The molecule has 0 fully saturated rings. The summed E-state index contributed by atoms with van der Waals surface area (Å²) in [5.41, 5.74) is 0.698. The monoisotopic (exact) mass is 312 g/mol. The van der Waals surface area contributed by atoms with Gasteiger partial charge in [0.25, 0.3) is 0 Å². The summed E-state index contributed by atoms with van der Waals surface area (Å²) in [5.74, 6) is 0. The largest absolute Gasteiger partial charge is 0.388 e. The van der Waals surface area contributed by atoms with Gasteiger partial charge in [-0.25, -0.2) is 8.42 Å². The van der Waals surface area contributed by atoms with Gasteiger partial charge in [-0.15, -0.1) is 0 Å². The van der Waals surface area contributed by atoms with E-state index in [9.17, 15) is 13.5 Å². The molecule has 0 spiro atoms. The standard InChI is InChI=1S/C17H28O3S/c1-3-4-5-6-7-8-9-13-17(18)15-11-10-12-16(14-15)21(2,19)20/h10-12,14,17-18H,3-9,13H2,1-2H3. The fraction of sp³-hybridized carbons (Fsp3) is 0.647. The number of hydrogen-bond acceptors (Lipinski definition) is 3. The van der Waals surface area contributed by atoms with Crippen LogP contribution in [-0.4, -0.2) is 19.8 Å². The maximum Gasteiger partial charge on any atom is 0.175 e. The van der Waals surface area contributed by atoms with E-state index in [0.717, 1.165) is 12.8 Å². The summed E-state index contributed by atoms with van der Waals surface area (Å²) in [6.45, 7) is 2.21. The highest BCUT2D eigenvalue weighted by Gasteiger charge is 2.12. The Labute approximate surface area is 129 Å². The van der Waals surface area contributed by atoms with Crippen LogP contribution in [-0.2, 0) is 9.84 Å². The highest BCUT2D eigenvalue weighted by Crippen LogP contribution is 2.22. The Hall–Kier alpha value is -0.870. The van der Waals surface area contributed by atoms with Crippen molar-refractivity contribution in [2.45, 2.75) is 69.3 Å². The normalized spacial score (nSPS) is 13.3. The molecule has 0 heterocycles. The molecular formula is C17H28O3S. The van der Waals surface area contributed by atoms with E-state index >= 15 is 0 Å². The summed E-state index contributed by atoms with van der Waals surface area (Å²) in [7, 11) is -3.21. The molecular weight excluding hydrogens is 284 g/mol. The second-order valence-electron chi connectivity index (χ2n) is 5.77. The van der Waals surface area contributed by atoms with Crippen LogP contribution in [0.2, 0.25) is 0 Å². The zero-order chi connectivity index (χ0) is 15.7. The summed E-state index contributed by atoms with van der Waals surface area (Å²) in [6.07, 6.45) is 9.79. The van der Waals surface area contributed by atoms with Crippen molar-refractivity contribution in [2.24, 2.45) is 0 Å². The number of rotatable bonds is 10. The van der Waals surface area contributed by atoms with Gasteiger partial charge in [-0.3, -0.25) is 0 Å². The van der Waals surface area contributed by atoms with Crippen LogP contribution in [0, 0.1) is 0 Å². The van der Waals surface area contributed by atoms with Crippen LogP contribution < -0.4 is 0 Å². The van der Waals surface area contributed by atoms with Crippen molar-refractivity contribution < 1.29 is 13.5 Å². The van der Waals surface area contributed by atoms with Crippen LogP contribution >= 0.6 is 0 Å². The molecule has 0 radical (unpaired) electrons. The van der Waals surface area contributed by atoms with E-state index in [4.69, 9.17) is 0 Å². The molecule has 3 nitrogen and oxygen atoms in total. The first-order valence-corrected chi connectivity index (χ1v) is 9.82. The zero-order valence-electron chi connectivity index (χ0n) is 13.2. The molecule has 0 saturated carbocycles. The van der Waals surface area contributed by atoms with E-state index in [1.165, 1.54) is 38.4 Å². The Bertz CT molecular complexity index is 509. The molecule has 1 N–H and O–H groups in total. The van der Waals surface area contributed by atoms with Crippen LogP contribution in [0.3, 0.4) is 0 Å². The molecule has 1 atom stereocenters. The van der Waals surface area contributed by atoms with Crippen molar-refractivity contribution >= 4 is 9.84 Å². The van der Waals surface area contributed by atoms with Gasteiger partial charge in [0.15, 0.2) is 9.84 Å². The average molecular weight is 312 g/mol. The van der Waals surface area contributed by atoms with Crippen molar-refractivity contribution in [1.82, 2.24) is 0 Å². The smallest absolute Gasteiger partial charge is 0.175 e. The fourth-order valence-corrected chi connectivity index (χ4v) is 3.09. The first-order chi connectivity index (χ1) is 9.95. The highest BCUT2D eigenvalue weighted by molar-refractivity contribution is 7.90. The summed E-state index contributed by atoms with van der Waals surface area (Å²) >= 11 is 0. The third-order valence-electron chi connectivity index (χ3n) is 3.75. The van der Waals surface area contributed by atoms with Gasteiger partial charge in [0.1, 0.15) is 0 Å². The Morgan fingerprint density at radius 2 is 1.67 bits per heavy atom. The zero-order valence-corrected chi connectivity index (χ0v) is 14.0. The van der Waals surface area contributed by atoms with Gasteiger partial charge in [0, 0.05) is 6.26 Å². The van der Waals surface area contributed by atoms with Gasteiger partial charge in [0.05, 0.1) is 11.0 Å². The maximum atomic E-state index is 11.5. The van der Waals surface area contributed by atoms with Crippen LogP contribution in [0.25, 0.3) is 0 Å².